The van der Waals surface area contributed by atoms with Gasteiger partial charge in [-0.25, -0.2) is 0 Å². The molecule has 86 valence electrons. The number of aromatic nitrogens is 1. The SMILES string of the molecule is Cc1oc2cc3[nH]c(=O)cc(C)c3cc2c1C. The summed E-state index contributed by atoms with van der Waals surface area (Å²) in [4.78, 5) is 14.3. The lowest BCUT2D eigenvalue weighted by molar-refractivity contribution is 0.575. The molecule has 2 heterocycles. The second-order valence-corrected chi connectivity index (χ2v) is 4.49. The van der Waals surface area contributed by atoms with Crippen LogP contribution < -0.4 is 5.56 Å². The maximum Gasteiger partial charge on any atom is 0.248 e. The Kier molecular flexibility index (Phi) is 1.93. The van der Waals surface area contributed by atoms with Crippen LogP contribution >= 0.6 is 0 Å². The topological polar surface area (TPSA) is 46.0 Å². The highest BCUT2D eigenvalue weighted by Crippen LogP contribution is 2.29. The van der Waals surface area contributed by atoms with Crippen molar-refractivity contribution in [1.82, 2.24) is 4.98 Å². The molecule has 1 aromatic carbocycles. The minimum atomic E-state index is -0.0747. The molecule has 0 bridgehead atoms. The average Bonchev–Trinajstić information content (AvgIpc) is 2.52. The van der Waals surface area contributed by atoms with Crippen molar-refractivity contribution in [3.63, 3.8) is 0 Å². The van der Waals surface area contributed by atoms with E-state index in [2.05, 4.69) is 11.1 Å². The lowest BCUT2D eigenvalue weighted by Gasteiger charge is -2.01. The first kappa shape index (κ1) is 10.1. The van der Waals surface area contributed by atoms with Crippen molar-refractivity contribution in [2.75, 3.05) is 0 Å². The summed E-state index contributed by atoms with van der Waals surface area (Å²) >= 11 is 0. The van der Waals surface area contributed by atoms with E-state index in [1.165, 1.54) is 0 Å². The van der Waals surface area contributed by atoms with Gasteiger partial charge in [0.2, 0.25) is 5.56 Å². The maximum absolute atomic E-state index is 11.4. The number of rotatable bonds is 0. The Balaban J connectivity index is 2.56. The van der Waals surface area contributed by atoms with E-state index in [0.29, 0.717) is 0 Å². The first-order valence-corrected chi connectivity index (χ1v) is 5.59. The van der Waals surface area contributed by atoms with Gasteiger partial charge in [0, 0.05) is 22.9 Å². The molecule has 1 N–H and O–H groups in total. The Bertz CT molecular complexity index is 793. The van der Waals surface area contributed by atoms with Crippen LogP contribution in [0.25, 0.3) is 21.9 Å². The summed E-state index contributed by atoms with van der Waals surface area (Å²) in [6.07, 6.45) is 0. The number of furan rings is 1. The van der Waals surface area contributed by atoms with Crippen molar-refractivity contribution >= 4 is 21.9 Å². The molecule has 0 amide bonds. The van der Waals surface area contributed by atoms with E-state index >= 15 is 0 Å². The van der Waals surface area contributed by atoms with Gasteiger partial charge in [0.1, 0.15) is 11.3 Å². The molecule has 0 aliphatic heterocycles. The van der Waals surface area contributed by atoms with Gasteiger partial charge in [-0.15, -0.1) is 0 Å². The number of benzene rings is 1. The molecule has 0 radical (unpaired) electrons. The first-order chi connectivity index (χ1) is 8.06. The summed E-state index contributed by atoms with van der Waals surface area (Å²) in [6, 6.07) is 5.61. The van der Waals surface area contributed by atoms with Crippen molar-refractivity contribution in [3.8, 4) is 0 Å². The average molecular weight is 227 g/mol. The van der Waals surface area contributed by atoms with Gasteiger partial charge in [-0.2, -0.15) is 0 Å². The summed E-state index contributed by atoms with van der Waals surface area (Å²) < 4.78 is 5.66. The molecule has 2 aromatic heterocycles. The van der Waals surface area contributed by atoms with E-state index in [0.717, 1.165) is 38.8 Å². The minimum absolute atomic E-state index is 0.0747. The Morgan fingerprint density at radius 1 is 1.06 bits per heavy atom. The summed E-state index contributed by atoms with van der Waals surface area (Å²) in [6.45, 7) is 5.95. The van der Waals surface area contributed by atoms with Crippen LogP contribution in [-0.2, 0) is 0 Å². The fourth-order valence-corrected chi connectivity index (χ4v) is 2.26. The van der Waals surface area contributed by atoms with Crippen LogP contribution in [0.2, 0.25) is 0 Å². The molecule has 0 aliphatic rings. The molecule has 3 aromatic rings. The zero-order chi connectivity index (χ0) is 12.2. The number of hydrogen-bond acceptors (Lipinski definition) is 2. The highest BCUT2D eigenvalue weighted by atomic mass is 16.3. The van der Waals surface area contributed by atoms with E-state index < -0.39 is 0 Å². The summed E-state index contributed by atoms with van der Waals surface area (Å²) in [5, 5.41) is 2.19. The number of aromatic amines is 1. The Hall–Kier alpha value is -2.03. The molecule has 0 saturated heterocycles. The summed E-state index contributed by atoms with van der Waals surface area (Å²) in [5.74, 6) is 0.926. The predicted octanol–water partition coefficient (Wildman–Crippen LogP) is 3.20. The number of H-pyrrole nitrogens is 1. The van der Waals surface area contributed by atoms with Crippen LogP contribution in [0, 0.1) is 20.8 Å². The Morgan fingerprint density at radius 2 is 1.82 bits per heavy atom. The highest BCUT2D eigenvalue weighted by molar-refractivity contribution is 5.97. The number of aryl methyl sites for hydroxylation is 3. The van der Waals surface area contributed by atoms with Gasteiger partial charge in [-0.3, -0.25) is 4.79 Å². The lowest BCUT2D eigenvalue weighted by Crippen LogP contribution is -2.04. The van der Waals surface area contributed by atoms with Gasteiger partial charge in [-0.1, -0.05) is 0 Å². The van der Waals surface area contributed by atoms with E-state index in [1.807, 2.05) is 26.8 Å². The van der Waals surface area contributed by atoms with Gasteiger partial charge >= 0.3 is 0 Å². The number of pyridine rings is 1. The largest absolute Gasteiger partial charge is 0.461 e. The molecule has 0 saturated carbocycles. The molecule has 3 heteroatoms. The minimum Gasteiger partial charge on any atom is -0.461 e. The molecule has 0 spiro atoms. The molecule has 3 nitrogen and oxygen atoms in total. The molecular formula is C14H13NO2. The van der Waals surface area contributed by atoms with E-state index in [9.17, 15) is 4.79 Å². The molecule has 0 unspecified atom stereocenters. The molecular weight excluding hydrogens is 214 g/mol. The van der Waals surface area contributed by atoms with Crippen LogP contribution in [0.5, 0.6) is 0 Å². The molecule has 3 rings (SSSR count). The molecule has 0 atom stereocenters. The van der Waals surface area contributed by atoms with Gasteiger partial charge in [0.25, 0.3) is 0 Å². The summed E-state index contributed by atoms with van der Waals surface area (Å²) in [5.41, 5.74) is 3.73. The van der Waals surface area contributed by atoms with Crippen molar-refractivity contribution < 1.29 is 4.42 Å². The second-order valence-electron chi connectivity index (χ2n) is 4.49. The number of fused-ring (bicyclic) bond motifs is 2. The summed E-state index contributed by atoms with van der Waals surface area (Å²) in [7, 11) is 0. The molecule has 17 heavy (non-hydrogen) atoms. The fourth-order valence-electron chi connectivity index (χ4n) is 2.26. The quantitative estimate of drug-likeness (QED) is 0.641. The van der Waals surface area contributed by atoms with Crippen molar-refractivity contribution in [1.29, 1.82) is 0 Å². The zero-order valence-corrected chi connectivity index (χ0v) is 10.0. The van der Waals surface area contributed by atoms with Gasteiger partial charge in [-0.05, 0) is 38.0 Å². The van der Waals surface area contributed by atoms with Gasteiger partial charge < -0.3 is 9.40 Å². The third kappa shape index (κ3) is 1.39. The van der Waals surface area contributed by atoms with E-state index in [4.69, 9.17) is 4.42 Å². The zero-order valence-electron chi connectivity index (χ0n) is 10.0. The maximum atomic E-state index is 11.4. The molecule has 0 fully saturated rings. The second kappa shape index (κ2) is 3.23. The number of nitrogens with one attached hydrogen (secondary N) is 1. The van der Waals surface area contributed by atoms with Gasteiger partial charge in [0.15, 0.2) is 0 Å². The Labute approximate surface area is 98.1 Å². The van der Waals surface area contributed by atoms with Crippen molar-refractivity contribution in [3.05, 3.63) is 45.4 Å². The normalized spacial score (nSPS) is 11.5. The van der Waals surface area contributed by atoms with Crippen LogP contribution in [0.15, 0.2) is 27.4 Å². The lowest BCUT2D eigenvalue weighted by atomic mass is 10.1. The van der Waals surface area contributed by atoms with Crippen LogP contribution in [0.1, 0.15) is 16.9 Å². The van der Waals surface area contributed by atoms with Crippen LogP contribution in [0.3, 0.4) is 0 Å². The Morgan fingerprint density at radius 3 is 2.59 bits per heavy atom. The van der Waals surface area contributed by atoms with Crippen LogP contribution in [-0.4, -0.2) is 4.98 Å². The monoisotopic (exact) mass is 227 g/mol. The van der Waals surface area contributed by atoms with Gasteiger partial charge in [0.05, 0.1) is 5.52 Å². The van der Waals surface area contributed by atoms with E-state index in [1.54, 1.807) is 6.07 Å². The highest BCUT2D eigenvalue weighted by Gasteiger charge is 2.09. The third-order valence-corrected chi connectivity index (χ3v) is 3.35. The number of hydrogen-bond donors (Lipinski definition) is 1. The first-order valence-electron chi connectivity index (χ1n) is 5.59. The van der Waals surface area contributed by atoms with Crippen LogP contribution in [0.4, 0.5) is 0 Å². The predicted molar refractivity (Wildman–Crippen MR) is 68.6 cm³/mol. The molecule has 0 aliphatic carbocycles. The third-order valence-electron chi connectivity index (χ3n) is 3.35. The standard InChI is InChI=1S/C14H13NO2/c1-7-4-14(16)15-12-6-13-11(5-10(7)12)8(2)9(3)17-13/h4-6H,1-3H3,(H,15,16). The smallest absolute Gasteiger partial charge is 0.248 e. The van der Waals surface area contributed by atoms with Crippen molar-refractivity contribution in [2.45, 2.75) is 20.8 Å². The fraction of sp³-hybridized carbons (Fsp3) is 0.214. The van der Waals surface area contributed by atoms with E-state index in [-0.39, 0.29) is 5.56 Å². The van der Waals surface area contributed by atoms with Crippen molar-refractivity contribution in [2.24, 2.45) is 0 Å².